The Morgan fingerprint density at radius 1 is 1.14 bits per heavy atom. The van der Waals surface area contributed by atoms with Gasteiger partial charge in [0, 0.05) is 25.5 Å². The summed E-state index contributed by atoms with van der Waals surface area (Å²) in [5.41, 5.74) is -0.0458. The number of amides is 1. The average molecular weight is 412 g/mol. The van der Waals surface area contributed by atoms with Crippen LogP contribution in [0.15, 0.2) is 46.8 Å². The summed E-state index contributed by atoms with van der Waals surface area (Å²) >= 11 is 1.66. The molecule has 0 atom stereocenters. The van der Waals surface area contributed by atoms with Crippen LogP contribution in [0.25, 0.3) is 0 Å². The van der Waals surface area contributed by atoms with Crippen molar-refractivity contribution in [2.45, 2.75) is 19.1 Å². The number of hydrogen-bond acceptors (Lipinski definition) is 3. The van der Waals surface area contributed by atoms with Crippen molar-refractivity contribution in [2.75, 3.05) is 27.2 Å². The molecule has 0 saturated carbocycles. The second-order valence-electron chi connectivity index (χ2n) is 6.26. The van der Waals surface area contributed by atoms with Crippen LogP contribution in [-0.4, -0.2) is 44.0 Å². The lowest BCUT2D eigenvalue weighted by Crippen LogP contribution is -2.43. The molecule has 0 unspecified atom stereocenters. The van der Waals surface area contributed by atoms with Gasteiger partial charge in [0.25, 0.3) is 0 Å². The van der Waals surface area contributed by atoms with Crippen molar-refractivity contribution in [2.24, 2.45) is 4.99 Å². The third kappa shape index (κ3) is 7.22. The van der Waals surface area contributed by atoms with E-state index in [-0.39, 0.29) is 19.0 Å². The van der Waals surface area contributed by atoms with E-state index in [2.05, 4.69) is 15.6 Å². The van der Waals surface area contributed by atoms with Gasteiger partial charge in [-0.25, -0.2) is 4.99 Å². The molecule has 28 heavy (non-hydrogen) atoms. The number of aliphatic imine (C=N–C) groups is 1. The van der Waals surface area contributed by atoms with Crippen molar-refractivity contribution in [3.8, 4) is 0 Å². The van der Waals surface area contributed by atoms with Gasteiger partial charge in [-0.1, -0.05) is 18.2 Å². The van der Waals surface area contributed by atoms with Crippen molar-refractivity contribution in [1.29, 1.82) is 0 Å². The Morgan fingerprint density at radius 2 is 1.86 bits per heavy atom. The van der Waals surface area contributed by atoms with E-state index >= 15 is 0 Å². The quantitative estimate of drug-likeness (QED) is 0.543. The summed E-state index contributed by atoms with van der Waals surface area (Å²) < 4.78 is 37.9. The van der Waals surface area contributed by atoms with Gasteiger partial charge in [-0.2, -0.15) is 13.2 Å². The summed E-state index contributed by atoms with van der Waals surface area (Å²) in [6, 6.07) is 8.90. The van der Waals surface area contributed by atoms with E-state index in [1.165, 1.54) is 21.9 Å². The fourth-order valence-corrected chi connectivity index (χ4v) is 2.93. The van der Waals surface area contributed by atoms with Gasteiger partial charge in [-0.05, 0) is 35.6 Å². The monoisotopic (exact) mass is 412 g/mol. The molecule has 9 heteroatoms. The van der Waals surface area contributed by atoms with Crippen molar-refractivity contribution in [1.82, 2.24) is 15.5 Å². The Bertz CT molecular complexity index is 771. The Kier molecular flexibility index (Phi) is 7.86. The SMILES string of the molecule is CN(C)C(=O)CNC(=NCc1ccc(C(F)(F)F)cc1)NCCc1cccs1. The number of alkyl halides is 3. The third-order valence-corrected chi connectivity index (χ3v) is 4.79. The number of nitrogens with zero attached hydrogens (tertiary/aromatic N) is 2. The summed E-state index contributed by atoms with van der Waals surface area (Å²) in [4.78, 5) is 18.9. The Hall–Kier alpha value is -2.55. The van der Waals surface area contributed by atoms with Crippen LogP contribution in [-0.2, 0) is 23.9 Å². The number of benzene rings is 1. The summed E-state index contributed by atoms with van der Waals surface area (Å²) in [5.74, 6) is 0.328. The third-order valence-electron chi connectivity index (χ3n) is 3.85. The number of halogens is 3. The van der Waals surface area contributed by atoms with Gasteiger partial charge in [0.1, 0.15) is 0 Å². The number of nitrogens with one attached hydrogen (secondary N) is 2. The Morgan fingerprint density at radius 3 is 2.43 bits per heavy atom. The number of likely N-dealkylation sites (N-methyl/N-ethyl adjacent to an activating group) is 1. The van der Waals surface area contributed by atoms with Gasteiger partial charge in [0.2, 0.25) is 5.91 Å². The molecule has 1 amide bonds. The predicted molar refractivity (Wildman–Crippen MR) is 105 cm³/mol. The van der Waals surface area contributed by atoms with Gasteiger partial charge in [0.15, 0.2) is 5.96 Å². The molecule has 2 aromatic rings. The minimum absolute atomic E-state index is 0.0743. The molecule has 0 aliphatic heterocycles. The van der Waals surface area contributed by atoms with Crippen LogP contribution >= 0.6 is 11.3 Å². The summed E-state index contributed by atoms with van der Waals surface area (Å²) in [6.07, 6.45) is -3.55. The van der Waals surface area contributed by atoms with E-state index in [4.69, 9.17) is 0 Å². The summed E-state index contributed by atoms with van der Waals surface area (Å²) in [5, 5.41) is 8.11. The van der Waals surface area contributed by atoms with E-state index < -0.39 is 11.7 Å². The Labute approximate surface area is 166 Å². The smallest absolute Gasteiger partial charge is 0.356 e. The number of carbonyl (C=O) groups excluding carboxylic acids is 1. The zero-order valence-electron chi connectivity index (χ0n) is 15.7. The molecule has 5 nitrogen and oxygen atoms in total. The molecule has 0 aliphatic rings. The highest BCUT2D eigenvalue weighted by molar-refractivity contribution is 7.09. The van der Waals surface area contributed by atoms with E-state index in [9.17, 15) is 18.0 Å². The number of carbonyl (C=O) groups is 1. The number of hydrogen-bond donors (Lipinski definition) is 2. The minimum Gasteiger partial charge on any atom is -0.356 e. The molecule has 0 bridgehead atoms. The highest BCUT2D eigenvalue weighted by Crippen LogP contribution is 2.29. The normalized spacial score (nSPS) is 12.0. The van der Waals surface area contributed by atoms with Gasteiger partial charge in [-0.15, -0.1) is 11.3 Å². The molecule has 152 valence electrons. The molecular formula is C19H23F3N4OS. The number of rotatable bonds is 7. The molecule has 0 spiro atoms. The summed E-state index contributed by atoms with van der Waals surface area (Å²) in [7, 11) is 3.32. The first-order chi connectivity index (χ1) is 13.3. The summed E-state index contributed by atoms with van der Waals surface area (Å²) in [6.45, 7) is 0.892. The van der Waals surface area contributed by atoms with Crippen molar-refractivity contribution >= 4 is 23.2 Å². The first-order valence-corrected chi connectivity index (χ1v) is 9.54. The maximum Gasteiger partial charge on any atom is 0.416 e. The fourth-order valence-electron chi connectivity index (χ4n) is 2.22. The van der Waals surface area contributed by atoms with Gasteiger partial charge >= 0.3 is 6.18 Å². The molecule has 0 fully saturated rings. The molecular weight excluding hydrogens is 389 g/mol. The topological polar surface area (TPSA) is 56.7 Å². The first-order valence-electron chi connectivity index (χ1n) is 8.66. The zero-order chi connectivity index (χ0) is 20.6. The number of thiophene rings is 1. The van der Waals surface area contributed by atoms with Crippen LogP contribution in [0, 0.1) is 0 Å². The standard InChI is InChI=1S/C19H23F3N4OS/c1-26(2)17(27)13-25-18(23-10-9-16-4-3-11-28-16)24-12-14-5-7-15(8-6-14)19(20,21)22/h3-8,11H,9-10,12-13H2,1-2H3,(H2,23,24,25). The van der Waals surface area contributed by atoms with Gasteiger partial charge in [-0.3, -0.25) is 4.79 Å². The highest BCUT2D eigenvalue weighted by atomic mass is 32.1. The molecule has 1 aromatic heterocycles. The zero-order valence-corrected chi connectivity index (χ0v) is 16.5. The average Bonchev–Trinajstić information content (AvgIpc) is 3.16. The van der Waals surface area contributed by atoms with Gasteiger partial charge in [0.05, 0.1) is 18.7 Å². The van der Waals surface area contributed by atoms with Crippen LogP contribution in [0.3, 0.4) is 0 Å². The van der Waals surface area contributed by atoms with Crippen molar-refractivity contribution < 1.29 is 18.0 Å². The van der Waals surface area contributed by atoms with E-state index in [0.29, 0.717) is 18.1 Å². The molecule has 1 aromatic carbocycles. The lowest BCUT2D eigenvalue weighted by Gasteiger charge is -2.15. The molecule has 2 rings (SSSR count). The second-order valence-corrected chi connectivity index (χ2v) is 7.29. The first kappa shape index (κ1) is 21.7. The fraction of sp³-hybridized carbons (Fsp3) is 0.368. The van der Waals surface area contributed by atoms with Crippen LogP contribution in [0.4, 0.5) is 13.2 Å². The van der Waals surface area contributed by atoms with Crippen LogP contribution < -0.4 is 10.6 Å². The number of guanidine groups is 1. The molecule has 0 aliphatic carbocycles. The van der Waals surface area contributed by atoms with Crippen LogP contribution in [0.5, 0.6) is 0 Å². The van der Waals surface area contributed by atoms with Crippen LogP contribution in [0.2, 0.25) is 0 Å². The van der Waals surface area contributed by atoms with E-state index in [1.54, 1.807) is 25.4 Å². The second kappa shape index (κ2) is 10.1. The molecule has 2 N–H and O–H groups in total. The van der Waals surface area contributed by atoms with Crippen LogP contribution in [0.1, 0.15) is 16.0 Å². The molecule has 1 heterocycles. The van der Waals surface area contributed by atoms with E-state index in [0.717, 1.165) is 18.6 Å². The van der Waals surface area contributed by atoms with Crippen molar-refractivity contribution in [3.63, 3.8) is 0 Å². The predicted octanol–water partition coefficient (Wildman–Crippen LogP) is 3.13. The lowest BCUT2D eigenvalue weighted by molar-refractivity contribution is -0.137. The highest BCUT2D eigenvalue weighted by Gasteiger charge is 2.29. The molecule has 0 saturated heterocycles. The molecule has 0 radical (unpaired) electrons. The largest absolute Gasteiger partial charge is 0.416 e. The lowest BCUT2D eigenvalue weighted by atomic mass is 10.1. The Balaban J connectivity index is 1.98. The van der Waals surface area contributed by atoms with E-state index in [1.807, 2.05) is 17.5 Å². The minimum atomic E-state index is -4.36. The maximum absolute atomic E-state index is 12.6. The maximum atomic E-state index is 12.6. The van der Waals surface area contributed by atoms with Crippen molar-refractivity contribution in [3.05, 3.63) is 57.8 Å². The van der Waals surface area contributed by atoms with Gasteiger partial charge < -0.3 is 15.5 Å².